The van der Waals surface area contributed by atoms with Crippen LogP contribution >= 0.6 is 0 Å². The molecule has 3 heteroatoms. The first kappa shape index (κ1) is 24.2. The van der Waals surface area contributed by atoms with E-state index in [2.05, 4.69) is 95.9 Å². The maximum absolute atomic E-state index is 6.81. The van der Waals surface area contributed by atoms with Crippen LogP contribution in [0.25, 0.3) is 0 Å². The highest BCUT2D eigenvalue weighted by atomic mass is 16.5. The van der Waals surface area contributed by atoms with Crippen molar-refractivity contribution in [3.8, 4) is 0 Å². The second-order valence-electron chi connectivity index (χ2n) is 10.5. The lowest BCUT2D eigenvalue weighted by Crippen LogP contribution is -2.54. The lowest BCUT2D eigenvalue weighted by Gasteiger charge is -2.50. The molecular formula is C32H40N2O. The highest BCUT2D eigenvalue weighted by molar-refractivity contribution is 5.30. The van der Waals surface area contributed by atoms with Gasteiger partial charge in [0.25, 0.3) is 0 Å². The predicted octanol–water partition coefficient (Wildman–Crippen LogP) is 6.18. The van der Waals surface area contributed by atoms with Gasteiger partial charge >= 0.3 is 0 Å². The van der Waals surface area contributed by atoms with Crippen molar-refractivity contribution < 1.29 is 4.74 Å². The van der Waals surface area contributed by atoms with Gasteiger partial charge in [0.1, 0.15) is 0 Å². The van der Waals surface area contributed by atoms with Gasteiger partial charge < -0.3 is 10.5 Å². The number of benzene rings is 3. The van der Waals surface area contributed by atoms with Gasteiger partial charge in [0.2, 0.25) is 0 Å². The first-order chi connectivity index (χ1) is 17.3. The average Bonchev–Trinajstić information content (AvgIpc) is 3.40. The molecule has 1 unspecified atom stereocenters. The Morgan fingerprint density at radius 2 is 1.34 bits per heavy atom. The maximum Gasteiger partial charge on any atom is 0.0720 e. The van der Waals surface area contributed by atoms with E-state index in [0.717, 1.165) is 26.1 Å². The summed E-state index contributed by atoms with van der Waals surface area (Å²) < 4.78 is 6.66. The number of hydrogen-bond acceptors (Lipinski definition) is 3. The van der Waals surface area contributed by atoms with Crippen molar-refractivity contribution in [1.82, 2.24) is 4.90 Å². The van der Waals surface area contributed by atoms with Crippen molar-refractivity contribution in [2.24, 2.45) is 17.6 Å². The third-order valence-electron chi connectivity index (χ3n) is 8.64. The molecule has 1 aliphatic heterocycles. The summed E-state index contributed by atoms with van der Waals surface area (Å²) in [4.78, 5) is 2.62. The zero-order chi connectivity index (χ0) is 23.9. The van der Waals surface area contributed by atoms with Crippen molar-refractivity contribution in [3.63, 3.8) is 0 Å². The molecular weight excluding hydrogens is 428 g/mol. The predicted molar refractivity (Wildman–Crippen MR) is 144 cm³/mol. The molecule has 1 saturated carbocycles. The maximum atomic E-state index is 6.81. The Morgan fingerprint density at radius 3 is 1.97 bits per heavy atom. The van der Waals surface area contributed by atoms with Crippen LogP contribution in [0, 0.1) is 11.8 Å². The van der Waals surface area contributed by atoms with Crippen LogP contribution in [-0.2, 0) is 23.3 Å². The first-order valence-electron chi connectivity index (χ1n) is 13.5. The van der Waals surface area contributed by atoms with Crippen LogP contribution < -0.4 is 5.73 Å². The Bertz CT molecular complexity index is 1020. The van der Waals surface area contributed by atoms with Gasteiger partial charge in [-0.05, 0) is 67.3 Å². The van der Waals surface area contributed by atoms with Crippen LogP contribution in [-0.4, -0.2) is 30.6 Å². The number of likely N-dealkylation sites (tertiary alicyclic amines) is 1. The molecule has 0 spiro atoms. The normalized spacial score (nSPS) is 23.2. The Morgan fingerprint density at radius 1 is 0.743 bits per heavy atom. The highest BCUT2D eigenvalue weighted by Gasteiger charge is 2.51. The lowest BCUT2D eigenvalue weighted by molar-refractivity contribution is -0.0292. The number of hydrogen-bond donors (Lipinski definition) is 1. The van der Waals surface area contributed by atoms with E-state index in [9.17, 15) is 0 Å². The summed E-state index contributed by atoms with van der Waals surface area (Å²) in [5, 5.41) is 0. The van der Waals surface area contributed by atoms with Gasteiger partial charge in [-0.2, -0.15) is 0 Å². The summed E-state index contributed by atoms with van der Waals surface area (Å²) in [6.45, 7) is 4.69. The van der Waals surface area contributed by atoms with Gasteiger partial charge in [-0.3, -0.25) is 4.90 Å². The minimum atomic E-state index is -0.0298. The largest absolute Gasteiger partial charge is 0.373 e. The van der Waals surface area contributed by atoms with Gasteiger partial charge in [0.05, 0.1) is 12.7 Å². The second kappa shape index (κ2) is 11.5. The van der Waals surface area contributed by atoms with Crippen molar-refractivity contribution in [3.05, 3.63) is 108 Å². The van der Waals surface area contributed by atoms with Crippen molar-refractivity contribution in [1.29, 1.82) is 0 Å². The quantitative estimate of drug-likeness (QED) is 0.407. The summed E-state index contributed by atoms with van der Waals surface area (Å²) in [5.41, 5.74) is 10.9. The highest BCUT2D eigenvalue weighted by Crippen LogP contribution is 2.50. The van der Waals surface area contributed by atoms with E-state index < -0.39 is 0 Å². The van der Waals surface area contributed by atoms with Gasteiger partial charge in [0, 0.05) is 18.5 Å². The fourth-order valence-corrected chi connectivity index (χ4v) is 6.88. The van der Waals surface area contributed by atoms with Crippen LogP contribution in [0.2, 0.25) is 0 Å². The molecule has 3 nitrogen and oxygen atoms in total. The van der Waals surface area contributed by atoms with Crippen molar-refractivity contribution >= 4 is 0 Å². The Balaban J connectivity index is 1.36. The van der Waals surface area contributed by atoms with Gasteiger partial charge in [-0.15, -0.1) is 0 Å². The molecule has 1 heterocycles. The molecule has 2 fully saturated rings. The van der Waals surface area contributed by atoms with Crippen LogP contribution in [0.1, 0.15) is 48.8 Å². The molecule has 184 valence electrons. The monoisotopic (exact) mass is 468 g/mol. The van der Waals surface area contributed by atoms with E-state index in [1.54, 1.807) is 0 Å². The van der Waals surface area contributed by atoms with Crippen LogP contribution in [0.3, 0.4) is 0 Å². The smallest absolute Gasteiger partial charge is 0.0720 e. The van der Waals surface area contributed by atoms with Crippen molar-refractivity contribution in [2.45, 2.75) is 56.8 Å². The van der Waals surface area contributed by atoms with Crippen LogP contribution in [0.5, 0.6) is 0 Å². The number of piperidine rings is 1. The first-order valence-corrected chi connectivity index (χ1v) is 13.5. The fourth-order valence-electron chi connectivity index (χ4n) is 6.88. The number of rotatable bonds is 9. The van der Waals surface area contributed by atoms with Crippen LogP contribution in [0.15, 0.2) is 91.0 Å². The molecule has 0 aromatic heterocycles. The molecule has 2 N–H and O–H groups in total. The van der Waals surface area contributed by atoms with Gasteiger partial charge in [0.15, 0.2) is 0 Å². The van der Waals surface area contributed by atoms with Gasteiger partial charge in [-0.1, -0.05) is 97.4 Å². The molecule has 35 heavy (non-hydrogen) atoms. The van der Waals surface area contributed by atoms with Crippen molar-refractivity contribution in [2.75, 3.05) is 19.6 Å². The van der Waals surface area contributed by atoms with E-state index >= 15 is 0 Å². The third kappa shape index (κ3) is 5.38. The van der Waals surface area contributed by atoms with Crippen LogP contribution in [0.4, 0.5) is 0 Å². The zero-order valence-electron chi connectivity index (χ0n) is 20.9. The summed E-state index contributed by atoms with van der Waals surface area (Å²) in [7, 11) is 0. The zero-order valence-corrected chi connectivity index (χ0v) is 20.9. The second-order valence-corrected chi connectivity index (χ2v) is 10.5. The van der Waals surface area contributed by atoms with E-state index in [1.165, 1.54) is 42.4 Å². The molecule has 3 aromatic rings. The van der Waals surface area contributed by atoms with E-state index in [0.29, 0.717) is 25.0 Å². The van der Waals surface area contributed by atoms with E-state index in [-0.39, 0.29) is 11.5 Å². The topological polar surface area (TPSA) is 38.5 Å². The number of nitrogens with zero attached hydrogens (tertiary/aromatic N) is 1. The minimum Gasteiger partial charge on any atom is -0.373 e. The Hall–Kier alpha value is -2.46. The lowest BCUT2D eigenvalue weighted by atomic mass is 9.58. The molecule has 3 aromatic carbocycles. The third-order valence-corrected chi connectivity index (χ3v) is 8.64. The minimum absolute atomic E-state index is 0.0298. The summed E-state index contributed by atoms with van der Waals surface area (Å²) >= 11 is 0. The Labute approximate surface area is 211 Å². The van der Waals surface area contributed by atoms with E-state index in [4.69, 9.17) is 10.5 Å². The standard InChI is InChI=1S/C32H40N2O/c33-25-32(28-15-8-3-9-16-28,29-19-21-34(22-20-29)23-26-11-4-1-5-12-26)30-17-10-18-31(30)35-24-27-13-6-2-7-14-27/h1-9,11-16,29-31H,10,17-25,33H2/t30-,31-,32?/m1/s1. The molecule has 3 atom stereocenters. The number of ether oxygens (including phenoxy) is 1. The molecule has 0 amide bonds. The number of nitrogens with two attached hydrogens (primary N) is 1. The summed E-state index contributed by atoms with van der Waals surface area (Å²) in [5.74, 6) is 1.04. The summed E-state index contributed by atoms with van der Waals surface area (Å²) in [6, 6.07) is 32.7. The molecule has 1 aliphatic carbocycles. The SMILES string of the molecule is NCC(c1ccccc1)(C1CCN(Cc2ccccc2)CC1)[C@@H]1CCC[C@H]1OCc1ccccc1. The summed E-state index contributed by atoms with van der Waals surface area (Å²) in [6.07, 6.45) is 6.23. The molecule has 5 rings (SSSR count). The molecule has 1 saturated heterocycles. The molecule has 0 radical (unpaired) electrons. The molecule has 0 bridgehead atoms. The Kier molecular flexibility index (Phi) is 7.98. The fraction of sp³-hybridized carbons (Fsp3) is 0.438. The van der Waals surface area contributed by atoms with E-state index in [1.807, 2.05) is 0 Å². The average molecular weight is 469 g/mol. The molecule has 2 aliphatic rings. The van der Waals surface area contributed by atoms with Gasteiger partial charge in [-0.25, -0.2) is 0 Å².